The summed E-state index contributed by atoms with van der Waals surface area (Å²) < 4.78 is 11.6. The summed E-state index contributed by atoms with van der Waals surface area (Å²) in [5, 5.41) is 3.50. The Kier molecular flexibility index (Phi) is 3.87. The maximum atomic E-state index is 11.8. The van der Waals surface area contributed by atoms with Gasteiger partial charge in [0.1, 0.15) is 11.9 Å². The molecular formula is C10H12N6O4. The Labute approximate surface area is 112 Å². The molecule has 10 nitrogen and oxygen atoms in total. The van der Waals surface area contributed by atoms with Gasteiger partial charge in [-0.3, -0.25) is 9.36 Å². The van der Waals surface area contributed by atoms with E-state index in [0.717, 1.165) is 4.57 Å². The third kappa shape index (κ3) is 2.71. The lowest BCUT2D eigenvalue weighted by Gasteiger charge is -2.21. The molecule has 0 unspecified atom stereocenters. The van der Waals surface area contributed by atoms with Gasteiger partial charge >= 0.3 is 11.7 Å². The van der Waals surface area contributed by atoms with E-state index in [0.29, 0.717) is 0 Å². The van der Waals surface area contributed by atoms with Crippen LogP contribution in [0.2, 0.25) is 0 Å². The first-order valence-corrected chi connectivity index (χ1v) is 5.70. The molecule has 0 bridgehead atoms. The first-order valence-electron chi connectivity index (χ1n) is 5.70. The number of aromatic nitrogens is 2. The van der Waals surface area contributed by atoms with Crippen LogP contribution < -0.4 is 11.4 Å². The number of ether oxygens (including phenoxy) is 2. The predicted octanol–water partition coefficient (Wildman–Crippen LogP) is -0.0351. The number of nitrogens with zero attached hydrogens (tertiary/aromatic N) is 5. The van der Waals surface area contributed by atoms with E-state index in [4.69, 9.17) is 20.7 Å². The van der Waals surface area contributed by atoms with Gasteiger partial charge < -0.3 is 15.2 Å². The quantitative estimate of drug-likeness (QED) is 0.356. The molecule has 1 aromatic rings. The zero-order valence-electron chi connectivity index (χ0n) is 10.5. The van der Waals surface area contributed by atoms with Gasteiger partial charge in [0.15, 0.2) is 12.3 Å². The monoisotopic (exact) mass is 280 g/mol. The number of esters is 1. The van der Waals surface area contributed by atoms with E-state index >= 15 is 0 Å². The third-order valence-electron chi connectivity index (χ3n) is 2.73. The Bertz CT molecular complexity index is 622. The van der Waals surface area contributed by atoms with Crippen molar-refractivity contribution in [3.63, 3.8) is 0 Å². The van der Waals surface area contributed by atoms with Crippen molar-refractivity contribution in [2.45, 2.75) is 25.3 Å². The lowest BCUT2D eigenvalue weighted by Crippen LogP contribution is -2.37. The van der Waals surface area contributed by atoms with Gasteiger partial charge in [-0.25, -0.2) is 4.79 Å². The molecule has 3 atom stereocenters. The first kappa shape index (κ1) is 13.8. The Balaban J connectivity index is 2.36. The minimum atomic E-state index is -0.907. The summed E-state index contributed by atoms with van der Waals surface area (Å²) in [6.07, 6.45) is -0.425. The molecule has 0 aliphatic carbocycles. The molecular weight excluding hydrogens is 268 g/mol. The number of rotatable bonds is 3. The maximum absolute atomic E-state index is 11.8. The fourth-order valence-corrected chi connectivity index (χ4v) is 1.93. The molecule has 2 N–H and O–H groups in total. The van der Waals surface area contributed by atoms with Crippen molar-refractivity contribution in [2.75, 3.05) is 12.3 Å². The van der Waals surface area contributed by atoms with Crippen molar-refractivity contribution in [3.05, 3.63) is 33.2 Å². The standard InChI is InChI=1S/C10H12N6O4/c1-5(17)20-8-6(14-15-12)4-19-9(8)16-3-2-7(11)13-10(16)18/h2-3,6,8-9H,4H2,1H3,(H2,11,13,18)/t6-,8+,9+/m0/s1. The molecule has 10 heteroatoms. The van der Waals surface area contributed by atoms with Crippen molar-refractivity contribution in [1.82, 2.24) is 9.55 Å². The van der Waals surface area contributed by atoms with E-state index < -0.39 is 30.0 Å². The molecule has 0 saturated carbocycles. The molecule has 0 amide bonds. The SMILES string of the molecule is CC(=O)O[C@@H]1[C@@H](N=[N+]=[N-])CO[C@H]1n1ccc(N)nc1=O. The van der Waals surface area contributed by atoms with Gasteiger partial charge in [-0.1, -0.05) is 5.11 Å². The van der Waals surface area contributed by atoms with Crippen LogP contribution in [0.15, 0.2) is 22.2 Å². The molecule has 1 aromatic heterocycles. The second-order valence-electron chi connectivity index (χ2n) is 4.11. The number of nitrogens with two attached hydrogens (primary N) is 1. The van der Waals surface area contributed by atoms with Gasteiger partial charge in [0.2, 0.25) is 0 Å². The Hall–Kier alpha value is -2.58. The van der Waals surface area contributed by atoms with E-state index in [1.54, 1.807) is 0 Å². The maximum Gasteiger partial charge on any atom is 0.351 e. The van der Waals surface area contributed by atoms with Crippen molar-refractivity contribution in [3.8, 4) is 0 Å². The second kappa shape index (κ2) is 5.59. The number of nitrogen functional groups attached to an aromatic ring is 1. The normalized spacial score (nSPS) is 24.9. The number of anilines is 1. The smallest absolute Gasteiger partial charge is 0.351 e. The highest BCUT2D eigenvalue weighted by Crippen LogP contribution is 2.28. The first-order chi connectivity index (χ1) is 9.52. The number of carbonyl (C=O) groups is 1. The molecule has 106 valence electrons. The molecule has 2 heterocycles. The van der Waals surface area contributed by atoms with Gasteiger partial charge in [-0.15, -0.1) is 0 Å². The number of hydrogen-bond donors (Lipinski definition) is 1. The Morgan fingerprint density at radius 2 is 2.50 bits per heavy atom. The zero-order valence-corrected chi connectivity index (χ0v) is 10.5. The predicted molar refractivity (Wildman–Crippen MR) is 66.4 cm³/mol. The summed E-state index contributed by atoms with van der Waals surface area (Å²) in [6, 6.07) is 0.703. The van der Waals surface area contributed by atoms with E-state index in [2.05, 4.69) is 15.0 Å². The van der Waals surface area contributed by atoms with E-state index in [-0.39, 0.29) is 12.4 Å². The van der Waals surface area contributed by atoms with Crippen LogP contribution in [0.5, 0.6) is 0 Å². The highest BCUT2D eigenvalue weighted by Gasteiger charge is 2.41. The van der Waals surface area contributed by atoms with Crippen molar-refractivity contribution >= 4 is 11.8 Å². The fourth-order valence-electron chi connectivity index (χ4n) is 1.93. The van der Waals surface area contributed by atoms with Crippen LogP contribution >= 0.6 is 0 Å². The topological polar surface area (TPSA) is 145 Å². The molecule has 2 rings (SSSR count). The van der Waals surface area contributed by atoms with Crippen LogP contribution in [-0.2, 0) is 14.3 Å². The molecule has 0 spiro atoms. The average molecular weight is 280 g/mol. The van der Waals surface area contributed by atoms with Gasteiger partial charge in [0.25, 0.3) is 0 Å². The number of azide groups is 1. The van der Waals surface area contributed by atoms with Crippen molar-refractivity contribution in [1.29, 1.82) is 0 Å². The van der Waals surface area contributed by atoms with Crippen LogP contribution in [0.1, 0.15) is 13.2 Å². The van der Waals surface area contributed by atoms with E-state index in [1.807, 2.05) is 0 Å². The Morgan fingerprint density at radius 3 is 3.10 bits per heavy atom. The molecule has 1 saturated heterocycles. The van der Waals surface area contributed by atoms with Crippen LogP contribution in [0.4, 0.5) is 5.82 Å². The van der Waals surface area contributed by atoms with E-state index in [9.17, 15) is 9.59 Å². The zero-order chi connectivity index (χ0) is 14.7. The van der Waals surface area contributed by atoms with Gasteiger partial charge in [-0.05, 0) is 11.6 Å². The highest BCUT2D eigenvalue weighted by atomic mass is 16.6. The minimum absolute atomic E-state index is 0.0312. The number of hydrogen-bond acceptors (Lipinski definition) is 7. The summed E-state index contributed by atoms with van der Waals surface area (Å²) in [7, 11) is 0. The van der Waals surface area contributed by atoms with Crippen molar-refractivity contribution in [2.24, 2.45) is 5.11 Å². The average Bonchev–Trinajstić information content (AvgIpc) is 2.73. The van der Waals surface area contributed by atoms with Gasteiger partial charge in [-0.2, -0.15) is 4.98 Å². The second-order valence-corrected chi connectivity index (χ2v) is 4.11. The molecule has 1 aliphatic heterocycles. The van der Waals surface area contributed by atoms with Crippen LogP contribution in [0.3, 0.4) is 0 Å². The summed E-state index contributed by atoms with van der Waals surface area (Å²) >= 11 is 0. The van der Waals surface area contributed by atoms with Crippen LogP contribution in [0, 0.1) is 0 Å². The minimum Gasteiger partial charge on any atom is -0.457 e. The lowest BCUT2D eigenvalue weighted by molar-refractivity contribution is -0.152. The lowest BCUT2D eigenvalue weighted by atomic mass is 10.2. The van der Waals surface area contributed by atoms with Gasteiger partial charge in [0, 0.05) is 18.0 Å². The van der Waals surface area contributed by atoms with Gasteiger partial charge in [0.05, 0.1) is 6.61 Å². The third-order valence-corrected chi connectivity index (χ3v) is 2.73. The summed E-state index contributed by atoms with van der Waals surface area (Å²) in [5.74, 6) is -0.500. The number of carbonyl (C=O) groups excluding carboxylic acids is 1. The summed E-state index contributed by atoms with van der Waals surface area (Å²) in [4.78, 5) is 29.1. The van der Waals surface area contributed by atoms with Crippen LogP contribution in [0.25, 0.3) is 10.4 Å². The molecule has 0 aromatic carbocycles. The summed E-state index contributed by atoms with van der Waals surface area (Å²) in [5.41, 5.74) is 13.2. The van der Waals surface area contributed by atoms with Crippen molar-refractivity contribution < 1.29 is 14.3 Å². The van der Waals surface area contributed by atoms with E-state index in [1.165, 1.54) is 19.2 Å². The Morgan fingerprint density at radius 1 is 1.75 bits per heavy atom. The summed E-state index contributed by atoms with van der Waals surface area (Å²) in [6.45, 7) is 1.25. The van der Waals surface area contributed by atoms with Crippen LogP contribution in [-0.4, -0.2) is 34.3 Å². The molecule has 20 heavy (non-hydrogen) atoms. The fraction of sp³-hybridized carbons (Fsp3) is 0.500. The largest absolute Gasteiger partial charge is 0.457 e. The highest BCUT2D eigenvalue weighted by molar-refractivity contribution is 5.66. The molecule has 1 fully saturated rings. The molecule has 0 radical (unpaired) electrons. The molecule has 1 aliphatic rings.